The molecular weight excluding hydrogens is 640 g/mol. The van der Waals surface area contributed by atoms with E-state index >= 15 is 0 Å². The van der Waals surface area contributed by atoms with Gasteiger partial charge in [-0.2, -0.15) is 0 Å². The third-order valence-electron chi connectivity index (χ3n) is 7.22. The number of esters is 1. The van der Waals surface area contributed by atoms with Crippen LogP contribution in [0, 0.1) is 6.54 Å². The summed E-state index contributed by atoms with van der Waals surface area (Å²) in [5, 5.41) is 0. The summed E-state index contributed by atoms with van der Waals surface area (Å²) in [5.74, 6) is -0.465. The second-order valence-corrected chi connectivity index (χ2v) is 16.5. The van der Waals surface area contributed by atoms with Crippen molar-refractivity contribution in [2.75, 3.05) is 11.5 Å². The minimum atomic E-state index is -1.90. The van der Waals surface area contributed by atoms with Crippen LogP contribution in [0.2, 0.25) is 0 Å². The van der Waals surface area contributed by atoms with E-state index in [1.165, 1.54) is 22.4 Å². The van der Waals surface area contributed by atoms with E-state index in [4.69, 9.17) is 24.1 Å². The average Bonchev–Trinajstić information content (AvgIpc) is 3.21. The number of anilines is 1. The Morgan fingerprint density at radius 1 is 0.951 bits per heavy atom. The van der Waals surface area contributed by atoms with Crippen molar-refractivity contribution in [3.05, 3.63) is 102 Å². The molecule has 0 saturated carbocycles. The molecule has 1 unspecified atom stereocenters. The first-order valence-corrected chi connectivity index (χ1v) is 19.5. The smallest absolute Gasteiger partial charge is 0.0140 e. The maximum absolute atomic E-state index is 11.1. The molecule has 0 spiro atoms. The van der Waals surface area contributed by atoms with Gasteiger partial charge in [-0.15, -0.1) is 5.41 Å². The fourth-order valence-electron chi connectivity index (χ4n) is 5.45. The summed E-state index contributed by atoms with van der Waals surface area (Å²) in [6.45, 7) is 16.2. The SMILES string of the molecule is CCOC(=O)C=Nc1ccccc1[CH]=[Ru]([Cl])[Cl].CCc1cccc(CC)c1N1[CH-]C(C)(c2ccccc2)CC1(C)C. The van der Waals surface area contributed by atoms with Gasteiger partial charge in [-0.05, 0) is 44.2 Å². The molecule has 0 aliphatic carbocycles. The van der Waals surface area contributed by atoms with Crippen LogP contribution in [0.5, 0.6) is 0 Å². The van der Waals surface area contributed by atoms with Crippen LogP contribution in [-0.2, 0) is 41.3 Å². The molecule has 1 aliphatic rings. The first-order chi connectivity index (χ1) is 19.5. The molecule has 1 saturated heterocycles. The van der Waals surface area contributed by atoms with E-state index in [1.54, 1.807) is 17.6 Å². The van der Waals surface area contributed by atoms with Gasteiger partial charge in [0.05, 0.1) is 0 Å². The minimum absolute atomic E-state index is 0.0800. The zero-order valence-corrected chi connectivity index (χ0v) is 28.1. The van der Waals surface area contributed by atoms with Crippen molar-refractivity contribution in [1.82, 2.24) is 0 Å². The molecule has 1 atom stereocenters. The third kappa shape index (κ3) is 8.83. The standard InChI is InChI=1S/C23H30N.C11H11NO2.2ClH.Ru/c1-6-18-12-11-13-19(7-2)21(18)24-17-23(5,16-22(24,3)4)20-14-9-8-10-15-20;1-3-14-11(13)8-12-10-7-5-4-6-9(10)2;;;/h8-15,17H,6-7,16H2,1-5H3;2,4-8H,3H2,1H3;2*1H;/q-1;;;;+2/p-2. The van der Waals surface area contributed by atoms with E-state index in [-0.39, 0.29) is 11.0 Å². The topological polar surface area (TPSA) is 41.9 Å². The van der Waals surface area contributed by atoms with Crippen LogP contribution in [0.25, 0.3) is 0 Å². The van der Waals surface area contributed by atoms with E-state index in [9.17, 15) is 4.79 Å². The summed E-state index contributed by atoms with van der Waals surface area (Å²) in [6.07, 6.45) is 4.43. The Hall–Kier alpha value is -2.33. The van der Waals surface area contributed by atoms with Crippen molar-refractivity contribution in [1.29, 1.82) is 0 Å². The molecule has 0 bridgehead atoms. The molecule has 1 fully saturated rings. The summed E-state index contributed by atoms with van der Waals surface area (Å²) in [7, 11) is 11.6. The molecule has 0 aromatic heterocycles. The van der Waals surface area contributed by atoms with Crippen LogP contribution < -0.4 is 4.90 Å². The number of halogens is 2. The van der Waals surface area contributed by atoms with Gasteiger partial charge in [0.2, 0.25) is 0 Å². The fraction of sp³-hybridized carbons (Fsp3) is 0.353. The summed E-state index contributed by atoms with van der Waals surface area (Å²) in [4.78, 5) is 17.7. The summed E-state index contributed by atoms with van der Waals surface area (Å²) >= 11 is -1.90. The minimum Gasteiger partial charge on any atom is -0.517 e. The largest absolute Gasteiger partial charge is 0.517 e. The van der Waals surface area contributed by atoms with Gasteiger partial charge in [0.15, 0.2) is 0 Å². The molecule has 3 aromatic carbocycles. The first kappa shape index (κ1) is 33.2. The van der Waals surface area contributed by atoms with Crippen LogP contribution in [0.15, 0.2) is 77.8 Å². The number of carbonyl (C=O) groups excluding carboxylic acids is 1. The second kappa shape index (κ2) is 15.2. The molecule has 1 heterocycles. The van der Waals surface area contributed by atoms with E-state index in [1.807, 2.05) is 18.2 Å². The zero-order valence-electron chi connectivity index (χ0n) is 24.8. The molecule has 4 rings (SSSR count). The van der Waals surface area contributed by atoms with E-state index in [0.717, 1.165) is 31.0 Å². The van der Waals surface area contributed by atoms with Gasteiger partial charge in [0.25, 0.3) is 0 Å². The molecule has 1 aliphatic heterocycles. The number of rotatable bonds is 8. The Morgan fingerprint density at radius 3 is 2.15 bits per heavy atom. The van der Waals surface area contributed by atoms with Crippen molar-refractivity contribution in [2.45, 2.75) is 71.8 Å². The normalized spacial score (nSPS) is 18.0. The molecule has 3 aromatic rings. The fourth-order valence-corrected chi connectivity index (χ4v) is 7.27. The van der Waals surface area contributed by atoms with Gasteiger partial charge >= 0.3 is 113 Å². The van der Waals surface area contributed by atoms with Gasteiger partial charge < -0.3 is 4.90 Å². The van der Waals surface area contributed by atoms with E-state index < -0.39 is 19.5 Å². The Balaban J connectivity index is 0.000000241. The number of benzene rings is 3. The predicted molar refractivity (Wildman–Crippen MR) is 173 cm³/mol. The van der Waals surface area contributed by atoms with E-state index in [2.05, 4.69) is 99.6 Å². The Morgan fingerprint density at radius 2 is 1.56 bits per heavy atom. The van der Waals surface area contributed by atoms with Gasteiger partial charge in [0, 0.05) is 11.2 Å². The van der Waals surface area contributed by atoms with Gasteiger partial charge in [-0.25, -0.2) is 6.54 Å². The number of aliphatic imine (C=N–C) groups is 1. The van der Waals surface area contributed by atoms with Crippen molar-refractivity contribution in [3.8, 4) is 0 Å². The quantitative estimate of drug-likeness (QED) is 0.103. The van der Waals surface area contributed by atoms with Crippen molar-refractivity contribution in [2.24, 2.45) is 4.99 Å². The predicted octanol–water partition coefficient (Wildman–Crippen LogP) is 8.95. The van der Waals surface area contributed by atoms with Gasteiger partial charge in [0.1, 0.15) is 0 Å². The number of hydrogen-bond donors (Lipinski definition) is 0. The van der Waals surface area contributed by atoms with Crippen LogP contribution in [0.3, 0.4) is 0 Å². The number of para-hydroxylation sites is 2. The van der Waals surface area contributed by atoms with Crippen LogP contribution in [0.1, 0.15) is 70.2 Å². The van der Waals surface area contributed by atoms with Crippen LogP contribution >= 0.6 is 19.4 Å². The van der Waals surface area contributed by atoms with Crippen molar-refractivity contribution >= 4 is 47.6 Å². The molecule has 4 nitrogen and oxygen atoms in total. The Bertz CT molecular complexity index is 1350. The molecule has 0 N–H and O–H groups in total. The average molecular weight is 682 g/mol. The number of carbonyl (C=O) groups is 1. The molecule has 0 radical (unpaired) electrons. The monoisotopic (exact) mass is 681 g/mol. The number of aryl methyl sites for hydroxylation is 2. The number of nitrogens with zero attached hydrogens (tertiary/aromatic N) is 2. The first-order valence-electron chi connectivity index (χ1n) is 14.0. The molecular formula is C34H41Cl2N2O2Ru-. The third-order valence-corrected chi connectivity index (χ3v) is 9.06. The number of hydrogen-bond acceptors (Lipinski definition) is 4. The maximum atomic E-state index is 11.1. The molecule has 41 heavy (non-hydrogen) atoms. The molecule has 0 amide bonds. The molecule has 222 valence electrons. The van der Waals surface area contributed by atoms with Crippen LogP contribution in [-0.4, -0.2) is 28.9 Å². The maximum Gasteiger partial charge on any atom is 0.0140 e. The van der Waals surface area contributed by atoms with Crippen molar-refractivity contribution in [3.63, 3.8) is 0 Å². The van der Waals surface area contributed by atoms with Gasteiger partial charge in [-0.1, -0.05) is 74.9 Å². The Labute approximate surface area is 259 Å². The second-order valence-electron chi connectivity index (χ2n) is 10.8. The van der Waals surface area contributed by atoms with E-state index in [0.29, 0.717) is 12.3 Å². The van der Waals surface area contributed by atoms with Gasteiger partial charge in [-0.3, -0.25) is 0 Å². The van der Waals surface area contributed by atoms with Crippen molar-refractivity contribution < 1.29 is 23.0 Å². The van der Waals surface area contributed by atoms with Crippen LogP contribution in [0.4, 0.5) is 11.4 Å². The Kier molecular flexibility index (Phi) is 12.3. The summed E-state index contributed by atoms with van der Waals surface area (Å²) < 4.78 is 6.53. The molecule has 7 heteroatoms. The summed E-state index contributed by atoms with van der Waals surface area (Å²) in [6, 6.07) is 25.1. The zero-order chi connectivity index (χ0) is 30.0. The number of ether oxygens (including phenoxy) is 1. The summed E-state index contributed by atoms with van der Waals surface area (Å²) in [5.41, 5.74) is 7.43.